The zero-order chi connectivity index (χ0) is 13.1. The maximum Gasteiger partial charge on any atom is 0.225 e. The molecule has 1 aliphatic heterocycles. The minimum Gasteiger partial charge on any atom is -0.352 e. The van der Waals surface area contributed by atoms with E-state index in [2.05, 4.69) is 50.4 Å². The topological polar surface area (TPSA) is 44.4 Å². The van der Waals surface area contributed by atoms with E-state index in [0.29, 0.717) is 0 Å². The number of rotatable bonds is 5. The highest BCUT2D eigenvalue weighted by Gasteiger charge is 2.31. The molecule has 1 unspecified atom stereocenters. The van der Waals surface area contributed by atoms with Gasteiger partial charge in [-0.2, -0.15) is 0 Å². The summed E-state index contributed by atoms with van der Waals surface area (Å²) in [6, 6.07) is 0.248. The van der Waals surface area contributed by atoms with E-state index in [1.807, 2.05) is 0 Å². The summed E-state index contributed by atoms with van der Waals surface area (Å²) in [5.74, 6) is 0.390. The van der Waals surface area contributed by atoms with Crippen LogP contribution in [-0.2, 0) is 4.79 Å². The summed E-state index contributed by atoms with van der Waals surface area (Å²) in [6.07, 6.45) is 1.00. The molecular formula is C13H27N3O. The first-order valence-corrected chi connectivity index (χ1v) is 6.46. The maximum atomic E-state index is 12.0. The first-order chi connectivity index (χ1) is 7.80. The van der Waals surface area contributed by atoms with Crippen LogP contribution in [0.1, 0.15) is 27.2 Å². The quantitative estimate of drug-likeness (QED) is 0.744. The number of hydrogen-bond donors (Lipinski definition) is 2. The van der Waals surface area contributed by atoms with Crippen LogP contribution < -0.4 is 10.6 Å². The van der Waals surface area contributed by atoms with Gasteiger partial charge in [-0.15, -0.1) is 0 Å². The molecule has 0 aromatic rings. The largest absolute Gasteiger partial charge is 0.352 e. The van der Waals surface area contributed by atoms with E-state index < -0.39 is 0 Å². The standard InChI is InChI=1S/C13H27N3O/c1-13(2,3)11(6-7-16(4)5)15-12(17)10-8-14-9-10/h10-11,14H,6-9H2,1-5H3,(H,15,17). The molecule has 0 bridgehead atoms. The van der Waals surface area contributed by atoms with Crippen molar-refractivity contribution < 1.29 is 4.79 Å². The Kier molecular flexibility index (Phi) is 4.95. The van der Waals surface area contributed by atoms with Crippen LogP contribution in [-0.4, -0.2) is 50.6 Å². The predicted molar refractivity (Wildman–Crippen MR) is 70.9 cm³/mol. The Balaban J connectivity index is 2.47. The molecule has 2 N–H and O–H groups in total. The van der Waals surface area contributed by atoms with Gasteiger partial charge in [0.05, 0.1) is 5.92 Å². The van der Waals surface area contributed by atoms with Gasteiger partial charge in [-0.25, -0.2) is 0 Å². The number of carbonyl (C=O) groups excluding carboxylic acids is 1. The van der Waals surface area contributed by atoms with Crippen LogP contribution in [0, 0.1) is 11.3 Å². The van der Waals surface area contributed by atoms with Gasteiger partial charge in [-0.3, -0.25) is 4.79 Å². The second-order valence-corrected chi connectivity index (χ2v) is 6.37. The third-order valence-electron chi connectivity index (χ3n) is 3.38. The van der Waals surface area contributed by atoms with Crippen LogP contribution in [0.25, 0.3) is 0 Å². The number of carbonyl (C=O) groups is 1. The molecule has 1 saturated heterocycles. The lowest BCUT2D eigenvalue weighted by molar-refractivity contribution is -0.128. The van der Waals surface area contributed by atoms with Crippen molar-refractivity contribution in [1.82, 2.24) is 15.5 Å². The van der Waals surface area contributed by atoms with Crippen LogP contribution in [0.15, 0.2) is 0 Å². The minimum absolute atomic E-state index is 0.114. The molecule has 0 saturated carbocycles. The Morgan fingerprint density at radius 2 is 2.00 bits per heavy atom. The summed E-state index contributed by atoms with van der Waals surface area (Å²) >= 11 is 0. The molecule has 1 amide bonds. The molecular weight excluding hydrogens is 214 g/mol. The Morgan fingerprint density at radius 3 is 2.35 bits per heavy atom. The van der Waals surface area contributed by atoms with E-state index >= 15 is 0 Å². The van der Waals surface area contributed by atoms with Gasteiger partial charge in [0, 0.05) is 19.1 Å². The molecule has 17 heavy (non-hydrogen) atoms. The third-order valence-corrected chi connectivity index (χ3v) is 3.38. The number of nitrogens with zero attached hydrogens (tertiary/aromatic N) is 1. The average Bonchev–Trinajstić information content (AvgIpc) is 2.06. The van der Waals surface area contributed by atoms with Crippen LogP contribution >= 0.6 is 0 Å². The monoisotopic (exact) mass is 241 g/mol. The van der Waals surface area contributed by atoms with Crippen molar-refractivity contribution >= 4 is 5.91 Å². The fourth-order valence-electron chi connectivity index (χ4n) is 1.87. The fourth-order valence-corrected chi connectivity index (χ4v) is 1.87. The predicted octanol–water partition coefficient (Wildman–Crippen LogP) is 0.688. The fraction of sp³-hybridized carbons (Fsp3) is 0.923. The van der Waals surface area contributed by atoms with Crippen LogP contribution in [0.2, 0.25) is 0 Å². The molecule has 1 rings (SSSR count). The van der Waals surface area contributed by atoms with Gasteiger partial charge in [-0.05, 0) is 32.5 Å². The van der Waals surface area contributed by atoms with E-state index in [4.69, 9.17) is 0 Å². The van der Waals surface area contributed by atoms with Crippen LogP contribution in [0.4, 0.5) is 0 Å². The Labute approximate surface area is 105 Å². The van der Waals surface area contributed by atoms with Gasteiger partial charge >= 0.3 is 0 Å². The van der Waals surface area contributed by atoms with Crippen LogP contribution in [0.5, 0.6) is 0 Å². The molecule has 0 aliphatic carbocycles. The molecule has 1 aliphatic rings. The molecule has 0 aromatic heterocycles. The van der Waals surface area contributed by atoms with E-state index in [-0.39, 0.29) is 23.3 Å². The molecule has 0 radical (unpaired) electrons. The second-order valence-electron chi connectivity index (χ2n) is 6.37. The number of hydrogen-bond acceptors (Lipinski definition) is 3. The Bertz CT molecular complexity index is 254. The third kappa shape index (κ3) is 4.64. The van der Waals surface area contributed by atoms with Gasteiger partial charge in [0.2, 0.25) is 5.91 Å². The van der Waals surface area contributed by atoms with E-state index in [9.17, 15) is 4.79 Å². The van der Waals surface area contributed by atoms with E-state index in [0.717, 1.165) is 26.1 Å². The van der Waals surface area contributed by atoms with Crippen molar-refractivity contribution in [2.45, 2.75) is 33.2 Å². The summed E-state index contributed by atoms with van der Waals surface area (Å²) in [5, 5.41) is 6.34. The second kappa shape index (κ2) is 5.83. The van der Waals surface area contributed by atoms with Gasteiger partial charge < -0.3 is 15.5 Å². The maximum absolute atomic E-state index is 12.0. The SMILES string of the molecule is CN(C)CCC(NC(=O)C1CNC1)C(C)(C)C. The van der Waals surface area contributed by atoms with Crippen molar-refractivity contribution in [1.29, 1.82) is 0 Å². The molecule has 100 valence electrons. The normalized spacial score (nSPS) is 18.9. The number of nitrogens with one attached hydrogen (secondary N) is 2. The van der Waals surface area contributed by atoms with E-state index in [1.165, 1.54) is 0 Å². The molecule has 1 heterocycles. The van der Waals surface area contributed by atoms with Gasteiger partial charge in [0.1, 0.15) is 0 Å². The summed E-state index contributed by atoms with van der Waals surface area (Å²) in [6.45, 7) is 9.23. The Morgan fingerprint density at radius 1 is 1.41 bits per heavy atom. The molecule has 4 heteroatoms. The van der Waals surface area contributed by atoms with E-state index in [1.54, 1.807) is 0 Å². The lowest BCUT2D eigenvalue weighted by atomic mass is 9.84. The first kappa shape index (κ1) is 14.5. The summed E-state index contributed by atoms with van der Waals surface area (Å²) < 4.78 is 0. The van der Waals surface area contributed by atoms with Crippen LogP contribution in [0.3, 0.4) is 0 Å². The van der Waals surface area contributed by atoms with Crippen molar-refractivity contribution in [3.8, 4) is 0 Å². The molecule has 0 aromatic carbocycles. The smallest absolute Gasteiger partial charge is 0.225 e. The molecule has 4 nitrogen and oxygen atoms in total. The Hall–Kier alpha value is -0.610. The summed E-state index contributed by atoms with van der Waals surface area (Å²) in [5.41, 5.74) is 0.114. The van der Waals surface area contributed by atoms with Gasteiger partial charge in [0.25, 0.3) is 0 Å². The van der Waals surface area contributed by atoms with Crippen molar-refractivity contribution in [3.05, 3.63) is 0 Å². The lowest BCUT2D eigenvalue weighted by Crippen LogP contribution is -2.55. The van der Waals surface area contributed by atoms with Crippen molar-refractivity contribution in [3.63, 3.8) is 0 Å². The summed E-state index contributed by atoms with van der Waals surface area (Å²) in [4.78, 5) is 14.1. The zero-order valence-electron chi connectivity index (χ0n) is 11.8. The molecule has 0 spiro atoms. The van der Waals surface area contributed by atoms with Crippen molar-refractivity contribution in [2.75, 3.05) is 33.7 Å². The first-order valence-electron chi connectivity index (χ1n) is 6.46. The molecule has 1 fully saturated rings. The average molecular weight is 241 g/mol. The highest BCUT2D eigenvalue weighted by molar-refractivity contribution is 5.80. The van der Waals surface area contributed by atoms with Gasteiger partial charge in [-0.1, -0.05) is 20.8 Å². The summed E-state index contributed by atoms with van der Waals surface area (Å²) in [7, 11) is 4.13. The lowest BCUT2D eigenvalue weighted by Gasteiger charge is -2.35. The zero-order valence-corrected chi connectivity index (χ0v) is 11.8. The highest BCUT2D eigenvalue weighted by Crippen LogP contribution is 2.22. The van der Waals surface area contributed by atoms with Gasteiger partial charge in [0.15, 0.2) is 0 Å². The van der Waals surface area contributed by atoms with Crippen molar-refractivity contribution in [2.24, 2.45) is 11.3 Å². The minimum atomic E-state index is 0.114. The number of amides is 1. The highest BCUT2D eigenvalue weighted by atomic mass is 16.2. The molecule has 1 atom stereocenters.